The molecule has 3 aromatic carbocycles. The molecule has 0 atom stereocenters. The van der Waals surface area contributed by atoms with Crippen molar-refractivity contribution in [2.24, 2.45) is 0 Å². The molecule has 0 spiro atoms. The van der Waals surface area contributed by atoms with Crippen LogP contribution in [0, 0.1) is 6.92 Å². The van der Waals surface area contributed by atoms with Gasteiger partial charge in [-0.3, -0.25) is 0 Å². The summed E-state index contributed by atoms with van der Waals surface area (Å²) >= 11 is 6.73. The van der Waals surface area contributed by atoms with E-state index in [1.54, 1.807) is 0 Å². The highest BCUT2D eigenvalue weighted by Crippen LogP contribution is 2.65. The van der Waals surface area contributed by atoms with Crippen molar-refractivity contribution in [2.75, 3.05) is 45.0 Å². The summed E-state index contributed by atoms with van der Waals surface area (Å²) in [6.07, 6.45) is 6.56. The van der Waals surface area contributed by atoms with Gasteiger partial charge in [-0.1, -0.05) is 90.7 Å². The van der Waals surface area contributed by atoms with E-state index >= 15 is 0 Å². The maximum atomic E-state index is 6.73. The number of hydrogen-bond donors (Lipinski definition) is 0. The quantitative estimate of drug-likeness (QED) is 0.481. The molecule has 0 unspecified atom stereocenters. The fourth-order valence-corrected chi connectivity index (χ4v) is 14.9. The minimum absolute atomic E-state index is 0.992. The normalized spacial score (nSPS) is 28.2. The van der Waals surface area contributed by atoms with Crippen molar-refractivity contribution < 1.29 is 0 Å². The van der Waals surface area contributed by atoms with E-state index in [1.165, 1.54) is 72.1 Å². The SMILES string of the molecule is Cc1cccc(P(=S)(c2ccccc2)c2ccccc2)c1CC[P+]12CN3CN(CN(C3)C1)C2. The van der Waals surface area contributed by atoms with Crippen LogP contribution in [-0.2, 0) is 18.2 Å². The summed E-state index contributed by atoms with van der Waals surface area (Å²) in [6.45, 7) is 5.83. The van der Waals surface area contributed by atoms with Crippen molar-refractivity contribution in [2.45, 2.75) is 13.3 Å². The molecule has 3 aromatic rings. The lowest BCUT2D eigenvalue weighted by molar-refractivity contribution is -0.0280. The van der Waals surface area contributed by atoms with Crippen LogP contribution >= 0.6 is 13.3 Å². The van der Waals surface area contributed by atoms with Gasteiger partial charge in [0.05, 0.1) is 33.4 Å². The Kier molecular flexibility index (Phi) is 5.82. The lowest BCUT2D eigenvalue weighted by Gasteiger charge is -2.56. The van der Waals surface area contributed by atoms with Gasteiger partial charge in [-0.15, -0.1) is 0 Å². The minimum atomic E-state index is -2.13. The van der Waals surface area contributed by atoms with Crippen LogP contribution in [0.5, 0.6) is 0 Å². The molecule has 0 aromatic heterocycles. The van der Waals surface area contributed by atoms with Crippen LogP contribution in [0.15, 0.2) is 78.9 Å². The average molecular weight is 493 g/mol. The van der Waals surface area contributed by atoms with Crippen LogP contribution in [-0.4, -0.2) is 59.7 Å². The van der Waals surface area contributed by atoms with E-state index in [9.17, 15) is 0 Å². The van der Waals surface area contributed by atoms with Gasteiger partial charge in [-0.05, 0) is 34.0 Å². The first-order valence-electron chi connectivity index (χ1n) is 11.9. The first-order chi connectivity index (χ1) is 16.1. The van der Waals surface area contributed by atoms with E-state index in [0.717, 1.165) is 6.42 Å². The summed E-state index contributed by atoms with van der Waals surface area (Å²) in [5.41, 5.74) is 2.92. The molecule has 170 valence electrons. The minimum Gasteiger partial charge on any atom is -0.245 e. The molecule has 6 heteroatoms. The van der Waals surface area contributed by atoms with Crippen LogP contribution in [0.3, 0.4) is 0 Å². The molecule has 0 saturated carbocycles. The van der Waals surface area contributed by atoms with E-state index in [-0.39, 0.29) is 0 Å². The zero-order valence-electron chi connectivity index (χ0n) is 19.3. The first kappa shape index (κ1) is 22.1. The number of rotatable bonds is 6. The summed E-state index contributed by atoms with van der Waals surface area (Å²) in [4.78, 5) is 8.05. The van der Waals surface area contributed by atoms with Crippen LogP contribution in [0.4, 0.5) is 0 Å². The van der Waals surface area contributed by atoms with Crippen molar-refractivity contribution in [1.82, 2.24) is 14.7 Å². The van der Waals surface area contributed by atoms with E-state index < -0.39 is 13.3 Å². The van der Waals surface area contributed by atoms with Gasteiger partial charge in [0.15, 0.2) is 0 Å². The Morgan fingerprint density at radius 2 is 1.24 bits per heavy atom. The van der Waals surface area contributed by atoms with Crippen molar-refractivity contribution in [3.05, 3.63) is 90.0 Å². The second-order valence-corrected chi connectivity index (χ2v) is 18.4. The van der Waals surface area contributed by atoms with Crippen LogP contribution in [0.1, 0.15) is 11.1 Å². The summed E-state index contributed by atoms with van der Waals surface area (Å²) in [6, 6.07) is 26.5. The van der Waals surface area contributed by atoms with Gasteiger partial charge in [0, 0.05) is 12.5 Å². The van der Waals surface area contributed by atoms with Gasteiger partial charge in [0.2, 0.25) is 0 Å². The summed E-state index contributed by atoms with van der Waals surface area (Å²) in [5.74, 6) is 0. The predicted molar refractivity (Wildman–Crippen MR) is 147 cm³/mol. The molecule has 4 heterocycles. The number of hydrogen-bond acceptors (Lipinski definition) is 4. The molecule has 4 bridgehead atoms. The third-order valence-corrected chi connectivity index (χ3v) is 16.7. The van der Waals surface area contributed by atoms with Crippen molar-refractivity contribution in [3.8, 4) is 0 Å². The monoisotopic (exact) mass is 492 g/mol. The molecule has 4 aliphatic rings. The Labute approximate surface area is 203 Å². The highest BCUT2D eigenvalue weighted by Gasteiger charge is 2.54. The average Bonchev–Trinajstić information content (AvgIpc) is 2.83. The summed E-state index contributed by atoms with van der Waals surface area (Å²) in [7, 11) is -0.992. The lowest BCUT2D eigenvalue weighted by atomic mass is 10.1. The van der Waals surface area contributed by atoms with Gasteiger partial charge in [0.25, 0.3) is 0 Å². The molecule has 4 saturated heterocycles. The highest BCUT2D eigenvalue weighted by atomic mass is 32.4. The van der Waals surface area contributed by atoms with Gasteiger partial charge in [-0.25, -0.2) is 14.7 Å². The Hall–Kier alpha value is -1.38. The number of aryl methyl sites for hydroxylation is 1. The highest BCUT2D eigenvalue weighted by molar-refractivity contribution is 8.25. The molecule has 7 rings (SSSR count). The fourth-order valence-electron chi connectivity index (χ4n) is 6.23. The van der Waals surface area contributed by atoms with Crippen molar-refractivity contribution in [3.63, 3.8) is 0 Å². The number of benzene rings is 3. The fraction of sp³-hybridized carbons (Fsp3) is 0.333. The molecule has 4 aliphatic heterocycles. The molecular formula is C27H32N3P2S+. The Morgan fingerprint density at radius 1 is 0.727 bits per heavy atom. The van der Waals surface area contributed by atoms with Gasteiger partial charge < -0.3 is 0 Å². The van der Waals surface area contributed by atoms with Gasteiger partial charge in [-0.2, -0.15) is 0 Å². The topological polar surface area (TPSA) is 9.72 Å². The second kappa shape index (κ2) is 8.68. The van der Waals surface area contributed by atoms with Gasteiger partial charge >= 0.3 is 0 Å². The zero-order valence-corrected chi connectivity index (χ0v) is 21.9. The van der Waals surface area contributed by atoms with Crippen LogP contribution in [0.2, 0.25) is 0 Å². The van der Waals surface area contributed by atoms with Gasteiger partial charge in [0.1, 0.15) is 18.9 Å². The maximum Gasteiger partial charge on any atom is 0.116 e. The van der Waals surface area contributed by atoms with E-state index in [0.29, 0.717) is 0 Å². The molecule has 0 amide bonds. The predicted octanol–water partition coefficient (Wildman–Crippen LogP) is 4.00. The standard InChI is InChI=1S/C27H32N3P2S/c1-23-9-8-14-27(32(33,24-10-4-2-5-11-24)25-12-6-3-7-13-25)26(23)15-16-31-20-28-17-29(21-31)19-30(18-28)22-31/h2-14H,15-22H2,1H3/q+1. The summed E-state index contributed by atoms with van der Waals surface area (Å²) in [5, 5.41) is 4.00. The maximum absolute atomic E-state index is 6.73. The molecule has 0 radical (unpaired) electrons. The van der Waals surface area contributed by atoms with E-state index in [1.807, 2.05) is 0 Å². The Bertz CT molecular complexity index is 1120. The lowest BCUT2D eigenvalue weighted by Crippen LogP contribution is -2.65. The largest absolute Gasteiger partial charge is 0.245 e. The Morgan fingerprint density at radius 3 is 1.76 bits per heavy atom. The molecule has 0 aliphatic carbocycles. The van der Waals surface area contributed by atoms with E-state index in [4.69, 9.17) is 11.8 Å². The molecule has 33 heavy (non-hydrogen) atoms. The zero-order chi connectivity index (χ0) is 22.5. The third-order valence-electron chi connectivity index (χ3n) is 7.50. The van der Waals surface area contributed by atoms with Crippen LogP contribution < -0.4 is 15.9 Å². The first-order valence-corrected chi connectivity index (χ1v) is 17.2. The van der Waals surface area contributed by atoms with E-state index in [2.05, 4.69) is 100 Å². The molecule has 0 N–H and O–H groups in total. The second-order valence-electron chi connectivity index (χ2n) is 10.0. The Balaban J connectivity index is 1.41. The smallest absolute Gasteiger partial charge is 0.116 e. The van der Waals surface area contributed by atoms with Crippen molar-refractivity contribution in [1.29, 1.82) is 0 Å². The van der Waals surface area contributed by atoms with Crippen LogP contribution in [0.25, 0.3) is 0 Å². The van der Waals surface area contributed by atoms with Crippen molar-refractivity contribution >= 4 is 41.0 Å². The molecular weight excluding hydrogens is 460 g/mol. The summed E-state index contributed by atoms with van der Waals surface area (Å²) < 4.78 is 0. The molecule has 3 nitrogen and oxygen atoms in total. The third kappa shape index (κ3) is 3.96. The number of nitrogens with zero attached hydrogens (tertiary/aromatic N) is 3. The molecule has 4 fully saturated rings.